The smallest absolute Gasteiger partial charge is 0.327 e. The molecule has 0 spiro atoms. The lowest BCUT2D eigenvalue weighted by Crippen LogP contribution is -1.87. The Labute approximate surface area is 70.4 Å². The summed E-state index contributed by atoms with van der Waals surface area (Å²) >= 11 is 0. The first-order valence-electron chi connectivity index (χ1n) is 3.57. The Morgan fingerprint density at radius 3 is 2.75 bits per heavy atom. The fourth-order valence-corrected chi connectivity index (χ4v) is 0.815. The van der Waals surface area contributed by atoms with Gasteiger partial charge < -0.3 is 5.11 Å². The van der Waals surface area contributed by atoms with E-state index >= 15 is 0 Å². The van der Waals surface area contributed by atoms with Gasteiger partial charge in [0.15, 0.2) is 0 Å². The molecule has 3 heteroatoms. The number of hydrogen-bond donors (Lipinski definition) is 1. The van der Waals surface area contributed by atoms with Crippen LogP contribution in [-0.4, -0.2) is 16.1 Å². The highest BCUT2D eigenvalue weighted by Crippen LogP contribution is 1.97. The molecule has 1 heterocycles. The third-order valence-corrected chi connectivity index (χ3v) is 1.36. The number of carboxylic acids is 1. The monoisotopic (exact) mass is 163 g/mol. The van der Waals surface area contributed by atoms with Gasteiger partial charge in [0.05, 0.1) is 0 Å². The van der Waals surface area contributed by atoms with Gasteiger partial charge in [-0.15, -0.1) is 0 Å². The molecule has 0 radical (unpaired) electrons. The number of rotatable bonds is 3. The highest BCUT2D eigenvalue weighted by molar-refractivity contribution is 5.79. The molecule has 12 heavy (non-hydrogen) atoms. The Morgan fingerprint density at radius 2 is 2.17 bits per heavy atom. The molecule has 0 aliphatic carbocycles. The molecule has 0 aliphatic rings. The van der Waals surface area contributed by atoms with Crippen molar-refractivity contribution >= 4 is 5.97 Å². The maximum Gasteiger partial charge on any atom is 0.327 e. The molecule has 0 unspecified atom stereocenters. The Kier molecular flexibility index (Phi) is 3.02. The van der Waals surface area contributed by atoms with E-state index in [1.807, 2.05) is 12.1 Å². The van der Waals surface area contributed by atoms with Crippen LogP contribution >= 0.6 is 0 Å². The number of allylic oxidation sites excluding steroid dienone is 1. The van der Waals surface area contributed by atoms with E-state index in [-0.39, 0.29) is 0 Å². The molecule has 1 aromatic rings. The van der Waals surface area contributed by atoms with E-state index in [0.29, 0.717) is 6.42 Å². The first-order chi connectivity index (χ1) is 5.79. The van der Waals surface area contributed by atoms with Crippen molar-refractivity contribution in [2.24, 2.45) is 0 Å². The normalized spacial score (nSPS) is 10.3. The van der Waals surface area contributed by atoms with Gasteiger partial charge in [0.2, 0.25) is 0 Å². The molecule has 0 bridgehead atoms. The second-order valence-corrected chi connectivity index (χ2v) is 2.30. The molecule has 0 amide bonds. The lowest BCUT2D eigenvalue weighted by atomic mass is 10.2. The molecule has 1 rings (SSSR count). The van der Waals surface area contributed by atoms with Crippen molar-refractivity contribution in [1.29, 1.82) is 0 Å². The van der Waals surface area contributed by atoms with Gasteiger partial charge in [-0.3, -0.25) is 4.98 Å². The maximum atomic E-state index is 10.1. The molecular weight excluding hydrogens is 154 g/mol. The van der Waals surface area contributed by atoms with Crippen LogP contribution in [0, 0.1) is 0 Å². The number of aliphatic carboxylic acids is 1. The molecular formula is C9H9NO2. The highest BCUT2D eigenvalue weighted by atomic mass is 16.4. The van der Waals surface area contributed by atoms with Crippen LogP contribution in [0.15, 0.2) is 36.7 Å². The predicted molar refractivity (Wildman–Crippen MR) is 44.7 cm³/mol. The summed E-state index contributed by atoms with van der Waals surface area (Å²) in [6.07, 6.45) is 6.75. The van der Waals surface area contributed by atoms with E-state index in [4.69, 9.17) is 5.11 Å². The summed E-state index contributed by atoms with van der Waals surface area (Å²) in [4.78, 5) is 13.9. The summed E-state index contributed by atoms with van der Waals surface area (Å²) in [6, 6.07) is 3.71. The van der Waals surface area contributed by atoms with Gasteiger partial charge in [-0.2, -0.15) is 0 Å². The topological polar surface area (TPSA) is 50.2 Å². The fourth-order valence-electron chi connectivity index (χ4n) is 0.815. The van der Waals surface area contributed by atoms with Crippen LogP contribution in [-0.2, 0) is 11.2 Å². The van der Waals surface area contributed by atoms with Gasteiger partial charge >= 0.3 is 5.97 Å². The number of aromatic nitrogens is 1. The van der Waals surface area contributed by atoms with Gasteiger partial charge in [-0.05, 0) is 24.1 Å². The molecule has 0 saturated heterocycles. The summed E-state index contributed by atoms with van der Waals surface area (Å²) < 4.78 is 0. The quantitative estimate of drug-likeness (QED) is 0.682. The van der Waals surface area contributed by atoms with Crippen LogP contribution in [0.5, 0.6) is 0 Å². The average molecular weight is 163 g/mol. The maximum absolute atomic E-state index is 10.1. The van der Waals surface area contributed by atoms with Crippen molar-refractivity contribution in [3.8, 4) is 0 Å². The number of carbonyl (C=O) groups is 1. The van der Waals surface area contributed by atoms with E-state index in [1.165, 1.54) is 0 Å². The molecule has 0 aromatic carbocycles. The van der Waals surface area contributed by atoms with Crippen LogP contribution < -0.4 is 0 Å². The zero-order valence-corrected chi connectivity index (χ0v) is 6.47. The molecule has 0 atom stereocenters. The van der Waals surface area contributed by atoms with Crippen molar-refractivity contribution < 1.29 is 9.90 Å². The third-order valence-electron chi connectivity index (χ3n) is 1.36. The van der Waals surface area contributed by atoms with Gasteiger partial charge in [0.1, 0.15) is 0 Å². The van der Waals surface area contributed by atoms with Crippen LogP contribution in [0.3, 0.4) is 0 Å². The number of pyridine rings is 1. The summed E-state index contributed by atoms with van der Waals surface area (Å²) in [6.45, 7) is 0. The Bertz CT molecular complexity index is 280. The van der Waals surface area contributed by atoms with Gasteiger partial charge in [-0.1, -0.05) is 6.08 Å². The molecule has 1 aromatic heterocycles. The van der Waals surface area contributed by atoms with Crippen LogP contribution in [0.25, 0.3) is 0 Å². The Hall–Kier alpha value is -1.64. The van der Waals surface area contributed by atoms with E-state index in [9.17, 15) is 4.79 Å². The summed E-state index contributed by atoms with van der Waals surface area (Å²) in [5.41, 5.74) is 1.06. The summed E-state index contributed by atoms with van der Waals surface area (Å²) in [5.74, 6) is -0.913. The van der Waals surface area contributed by atoms with Gasteiger partial charge in [-0.25, -0.2) is 4.79 Å². The summed E-state index contributed by atoms with van der Waals surface area (Å²) in [7, 11) is 0. The SMILES string of the molecule is O=C(O)/C=C/Cc1ccncc1. The first kappa shape index (κ1) is 8.46. The Balaban J connectivity index is 2.49. The second-order valence-electron chi connectivity index (χ2n) is 2.30. The molecule has 0 aliphatic heterocycles. The molecule has 62 valence electrons. The van der Waals surface area contributed by atoms with Gasteiger partial charge in [0.25, 0.3) is 0 Å². The van der Waals surface area contributed by atoms with E-state index in [0.717, 1.165) is 11.6 Å². The van der Waals surface area contributed by atoms with Crippen molar-refractivity contribution in [1.82, 2.24) is 4.98 Å². The van der Waals surface area contributed by atoms with Crippen molar-refractivity contribution in [3.05, 3.63) is 42.2 Å². The minimum absolute atomic E-state index is 0.634. The van der Waals surface area contributed by atoms with Gasteiger partial charge in [0, 0.05) is 18.5 Å². The number of carboxylic acid groups (broad SMARTS) is 1. The second kappa shape index (κ2) is 4.28. The first-order valence-corrected chi connectivity index (χ1v) is 3.57. The molecule has 0 fully saturated rings. The van der Waals surface area contributed by atoms with Crippen molar-refractivity contribution in [2.45, 2.75) is 6.42 Å². The largest absolute Gasteiger partial charge is 0.478 e. The molecule has 1 N–H and O–H groups in total. The lowest BCUT2D eigenvalue weighted by molar-refractivity contribution is -0.131. The minimum atomic E-state index is -0.913. The van der Waals surface area contributed by atoms with Crippen molar-refractivity contribution in [2.75, 3.05) is 0 Å². The lowest BCUT2D eigenvalue weighted by Gasteiger charge is -1.91. The van der Waals surface area contributed by atoms with E-state index < -0.39 is 5.97 Å². The molecule has 0 saturated carbocycles. The number of hydrogen-bond acceptors (Lipinski definition) is 2. The molecule has 3 nitrogen and oxygen atoms in total. The summed E-state index contributed by atoms with van der Waals surface area (Å²) in [5, 5.41) is 8.29. The number of nitrogens with zero attached hydrogens (tertiary/aromatic N) is 1. The zero-order chi connectivity index (χ0) is 8.81. The van der Waals surface area contributed by atoms with E-state index in [1.54, 1.807) is 18.5 Å². The minimum Gasteiger partial charge on any atom is -0.478 e. The van der Waals surface area contributed by atoms with Crippen LogP contribution in [0.4, 0.5) is 0 Å². The van der Waals surface area contributed by atoms with Crippen LogP contribution in [0.2, 0.25) is 0 Å². The fraction of sp³-hybridized carbons (Fsp3) is 0.111. The third kappa shape index (κ3) is 2.96. The van der Waals surface area contributed by atoms with Crippen LogP contribution in [0.1, 0.15) is 5.56 Å². The highest BCUT2D eigenvalue weighted by Gasteiger charge is 1.88. The average Bonchev–Trinajstić information content (AvgIpc) is 2.05. The standard InChI is InChI=1S/C9H9NO2/c11-9(12)3-1-2-8-4-6-10-7-5-8/h1,3-7H,2H2,(H,11,12)/b3-1+. The Morgan fingerprint density at radius 1 is 1.50 bits per heavy atom. The van der Waals surface area contributed by atoms with E-state index in [2.05, 4.69) is 4.98 Å². The predicted octanol–water partition coefficient (Wildman–Crippen LogP) is 1.26. The van der Waals surface area contributed by atoms with Crippen molar-refractivity contribution in [3.63, 3.8) is 0 Å². The zero-order valence-electron chi connectivity index (χ0n) is 6.47.